The molecule has 0 aliphatic heterocycles. The molecular formula is C13H13NO3. The van der Waals surface area contributed by atoms with Gasteiger partial charge in [-0.25, -0.2) is 4.79 Å². The Balaban J connectivity index is 2.34. The first-order valence-electron chi connectivity index (χ1n) is 5.21. The molecule has 1 heterocycles. The molecule has 0 bridgehead atoms. The van der Waals surface area contributed by atoms with Gasteiger partial charge in [-0.15, -0.1) is 0 Å². The van der Waals surface area contributed by atoms with Crippen LogP contribution in [-0.4, -0.2) is 20.7 Å². The van der Waals surface area contributed by atoms with Crippen LogP contribution in [0.1, 0.15) is 12.5 Å². The van der Waals surface area contributed by atoms with E-state index in [9.17, 15) is 9.90 Å². The molecule has 2 rings (SSSR count). The quantitative estimate of drug-likeness (QED) is 0.846. The van der Waals surface area contributed by atoms with Gasteiger partial charge >= 0.3 is 5.97 Å². The Kier molecular flexibility index (Phi) is 2.73. The van der Waals surface area contributed by atoms with Crippen LogP contribution in [0.3, 0.4) is 0 Å². The lowest BCUT2D eigenvalue weighted by atomic mass is 9.96. The average Bonchev–Trinajstić information content (AvgIpc) is 2.82. The minimum atomic E-state index is -1.85. The number of carboxylic acids is 1. The zero-order valence-corrected chi connectivity index (χ0v) is 9.37. The van der Waals surface area contributed by atoms with Crippen LogP contribution >= 0.6 is 0 Å². The molecule has 2 aromatic rings. The van der Waals surface area contributed by atoms with Crippen molar-refractivity contribution in [1.29, 1.82) is 0 Å². The molecule has 4 heteroatoms. The minimum Gasteiger partial charge on any atom is -0.479 e. The molecule has 0 saturated carbocycles. The third-order valence-electron chi connectivity index (χ3n) is 2.75. The van der Waals surface area contributed by atoms with Crippen molar-refractivity contribution in [3.63, 3.8) is 0 Å². The summed E-state index contributed by atoms with van der Waals surface area (Å²) in [7, 11) is 0. The standard InChI is InChI=1S/C13H13NO3/c1-13(17,12(15)16)10-4-6-11(7-5-10)14-8-2-3-9-14/h2-9,17H,1H3,(H,15,16). The maximum Gasteiger partial charge on any atom is 0.340 e. The number of hydrogen-bond donors (Lipinski definition) is 2. The number of carbonyl (C=O) groups is 1. The predicted molar refractivity (Wildman–Crippen MR) is 63.0 cm³/mol. The van der Waals surface area contributed by atoms with Crippen LogP contribution in [0.5, 0.6) is 0 Å². The lowest BCUT2D eigenvalue weighted by Crippen LogP contribution is -2.31. The highest BCUT2D eigenvalue weighted by Gasteiger charge is 2.31. The van der Waals surface area contributed by atoms with Gasteiger partial charge in [-0.1, -0.05) is 12.1 Å². The van der Waals surface area contributed by atoms with Crippen molar-refractivity contribution in [1.82, 2.24) is 4.57 Å². The molecule has 1 aromatic carbocycles. The predicted octanol–water partition coefficient (Wildman–Crippen LogP) is 1.77. The molecule has 0 radical (unpaired) electrons. The molecule has 0 fully saturated rings. The second-order valence-corrected chi connectivity index (χ2v) is 4.01. The second-order valence-electron chi connectivity index (χ2n) is 4.01. The van der Waals surface area contributed by atoms with Gasteiger partial charge in [0.15, 0.2) is 5.60 Å². The van der Waals surface area contributed by atoms with Crippen molar-refractivity contribution < 1.29 is 15.0 Å². The molecular weight excluding hydrogens is 218 g/mol. The second kappa shape index (κ2) is 4.07. The smallest absolute Gasteiger partial charge is 0.340 e. The van der Waals surface area contributed by atoms with E-state index in [0.29, 0.717) is 5.56 Å². The Bertz CT molecular complexity index is 512. The van der Waals surface area contributed by atoms with E-state index >= 15 is 0 Å². The number of benzene rings is 1. The van der Waals surface area contributed by atoms with Crippen LogP contribution in [0.25, 0.3) is 5.69 Å². The van der Waals surface area contributed by atoms with Gasteiger partial charge in [0, 0.05) is 18.1 Å². The van der Waals surface area contributed by atoms with Crippen LogP contribution in [0.15, 0.2) is 48.8 Å². The third kappa shape index (κ3) is 2.07. The Hall–Kier alpha value is -2.07. The fourth-order valence-electron chi connectivity index (χ4n) is 1.59. The number of rotatable bonds is 3. The van der Waals surface area contributed by atoms with Crippen LogP contribution in [0, 0.1) is 0 Å². The van der Waals surface area contributed by atoms with Crippen molar-refractivity contribution in [2.45, 2.75) is 12.5 Å². The fourth-order valence-corrected chi connectivity index (χ4v) is 1.59. The highest BCUT2D eigenvalue weighted by atomic mass is 16.4. The van der Waals surface area contributed by atoms with Gasteiger partial charge in [-0.2, -0.15) is 0 Å². The molecule has 0 aliphatic carbocycles. The highest BCUT2D eigenvalue weighted by molar-refractivity contribution is 5.78. The summed E-state index contributed by atoms with van der Waals surface area (Å²) in [6.07, 6.45) is 3.79. The van der Waals surface area contributed by atoms with Gasteiger partial charge in [0.05, 0.1) is 0 Å². The molecule has 0 aliphatic rings. The van der Waals surface area contributed by atoms with E-state index in [1.54, 1.807) is 24.3 Å². The van der Waals surface area contributed by atoms with Crippen molar-refractivity contribution in [2.75, 3.05) is 0 Å². The topological polar surface area (TPSA) is 62.5 Å². The summed E-state index contributed by atoms with van der Waals surface area (Å²) in [6, 6.07) is 10.6. The molecule has 0 saturated heterocycles. The Morgan fingerprint density at radius 3 is 2.18 bits per heavy atom. The van der Waals surface area contributed by atoms with E-state index in [4.69, 9.17) is 5.11 Å². The molecule has 1 aromatic heterocycles. The van der Waals surface area contributed by atoms with Crippen molar-refractivity contribution in [2.24, 2.45) is 0 Å². The normalized spacial score (nSPS) is 14.2. The van der Waals surface area contributed by atoms with E-state index in [1.807, 2.05) is 29.1 Å². The van der Waals surface area contributed by atoms with Crippen molar-refractivity contribution >= 4 is 5.97 Å². The van der Waals surface area contributed by atoms with E-state index in [1.165, 1.54) is 6.92 Å². The summed E-state index contributed by atoms with van der Waals surface area (Å²) < 4.78 is 1.90. The van der Waals surface area contributed by atoms with Crippen LogP contribution in [-0.2, 0) is 10.4 Å². The average molecular weight is 231 g/mol. The van der Waals surface area contributed by atoms with Crippen molar-refractivity contribution in [3.8, 4) is 5.69 Å². The first-order chi connectivity index (χ1) is 8.01. The zero-order chi connectivity index (χ0) is 12.5. The molecule has 1 unspecified atom stereocenters. The third-order valence-corrected chi connectivity index (χ3v) is 2.75. The molecule has 88 valence electrons. The van der Waals surface area contributed by atoms with Gasteiger partial charge in [0.1, 0.15) is 0 Å². The largest absolute Gasteiger partial charge is 0.479 e. The molecule has 0 amide bonds. The Labute approximate surface area is 98.8 Å². The Morgan fingerprint density at radius 2 is 1.71 bits per heavy atom. The maximum atomic E-state index is 10.9. The van der Waals surface area contributed by atoms with Gasteiger partial charge in [-0.3, -0.25) is 0 Å². The maximum absolute atomic E-state index is 10.9. The lowest BCUT2D eigenvalue weighted by molar-refractivity contribution is -0.157. The SMILES string of the molecule is CC(O)(C(=O)O)c1ccc(-n2cccc2)cc1. The summed E-state index contributed by atoms with van der Waals surface area (Å²) in [4.78, 5) is 10.9. The van der Waals surface area contributed by atoms with Gasteiger partial charge in [-0.05, 0) is 36.8 Å². The number of aliphatic carboxylic acids is 1. The summed E-state index contributed by atoms with van der Waals surface area (Å²) in [5, 5.41) is 18.7. The first kappa shape index (κ1) is 11.4. The number of nitrogens with zero attached hydrogens (tertiary/aromatic N) is 1. The molecule has 1 atom stereocenters. The molecule has 2 N–H and O–H groups in total. The molecule has 17 heavy (non-hydrogen) atoms. The summed E-state index contributed by atoms with van der Waals surface area (Å²) in [5.74, 6) is -1.26. The van der Waals surface area contributed by atoms with E-state index < -0.39 is 11.6 Å². The van der Waals surface area contributed by atoms with Crippen molar-refractivity contribution in [3.05, 3.63) is 54.4 Å². The number of hydrogen-bond acceptors (Lipinski definition) is 2. The number of aliphatic hydroxyl groups is 1. The molecule has 4 nitrogen and oxygen atoms in total. The summed E-state index contributed by atoms with van der Waals surface area (Å²) >= 11 is 0. The van der Waals surface area contributed by atoms with Crippen LogP contribution in [0.4, 0.5) is 0 Å². The number of carboxylic acid groups (broad SMARTS) is 1. The Morgan fingerprint density at radius 1 is 1.18 bits per heavy atom. The lowest BCUT2D eigenvalue weighted by Gasteiger charge is -2.18. The highest BCUT2D eigenvalue weighted by Crippen LogP contribution is 2.22. The zero-order valence-electron chi connectivity index (χ0n) is 9.37. The molecule has 0 spiro atoms. The van der Waals surface area contributed by atoms with Crippen LogP contribution in [0.2, 0.25) is 0 Å². The fraction of sp³-hybridized carbons (Fsp3) is 0.154. The minimum absolute atomic E-state index is 0.362. The van der Waals surface area contributed by atoms with Crippen LogP contribution < -0.4 is 0 Å². The van der Waals surface area contributed by atoms with E-state index in [2.05, 4.69) is 0 Å². The van der Waals surface area contributed by atoms with E-state index in [0.717, 1.165) is 5.69 Å². The monoisotopic (exact) mass is 231 g/mol. The summed E-state index contributed by atoms with van der Waals surface area (Å²) in [6.45, 7) is 1.26. The summed E-state index contributed by atoms with van der Waals surface area (Å²) in [5.41, 5.74) is -0.573. The first-order valence-corrected chi connectivity index (χ1v) is 5.21. The van der Waals surface area contributed by atoms with Gasteiger partial charge in [0.25, 0.3) is 0 Å². The van der Waals surface area contributed by atoms with Gasteiger partial charge < -0.3 is 14.8 Å². The van der Waals surface area contributed by atoms with E-state index in [-0.39, 0.29) is 0 Å². The van der Waals surface area contributed by atoms with Gasteiger partial charge in [0.2, 0.25) is 0 Å². The number of aromatic nitrogens is 1.